The maximum Gasteiger partial charge on any atom is 0.323 e. The number of nitrogens with zero attached hydrogens (tertiary/aromatic N) is 1. The Morgan fingerprint density at radius 1 is 1.03 bits per heavy atom. The molecule has 1 aliphatic heterocycles. The molecule has 3 rings (SSSR count). The molecule has 2 aromatic rings. The van der Waals surface area contributed by atoms with E-state index in [1.54, 1.807) is 13.2 Å². The molecule has 1 aliphatic rings. The first kappa shape index (κ1) is 23.1. The van der Waals surface area contributed by atoms with Gasteiger partial charge in [0.2, 0.25) is 0 Å². The fourth-order valence-corrected chi connectivity index (χ4v) is 3.98. The van der Waals surface area contributed by atoms with E-state index in [0.29, 0.717) is 30.1 Å². The van der Waals surface area contributed by atoms with E-state index in [1.807, 2.05) is 36.4 Å². The van der Waals surface area contributed by atoms with E-state index < -0.39 is 0 Å². The zero-order valence-electron chi connectivity index (χ0n) is 17.7. The Morgan fingerprint density at radius 2 is 1.77 bits per heavy atom. The number of hydrogen-bond donors (Lipinski definition) is 3. The van der Waals surface area contributed by atoms with Gasteiger partial charge in [-0.15, -0.1) is 0 Å². The van der Waals surface area contributed by atoms with Crippen LogP contribution in [0, 0.1) is 0 Å². The molecule has 1 heterocycles. The van der Waals surface area contributed by atoms with Crippen LogP contribution in [0.3, 0.4) is 0 Å². The van der Waals surface area contributed by atoms with E-state index in [9.17, 15) is 9.59 Å². The molecule has 7 nitrogen and oxygen atoms in total. The van der Waals surface area contributed by atoms with Crippen LogP contribution < -0.4 is 20.9 Å². The van der Waals surface area contributed by atoms with Gasteiger partial charge in [0.05, 0.1) is 5.56 Å². The normalized spacial score (nSPS) is 13.5. The first-order chi connectivity index (χ1) is 15.1. The highest BCUT2D eigenvalue weighted by atomic mass is 79.9. The maximum atomic E-state index is 12.9. The van der Waals surface area contributed by atoms with E-state index in [0.717, 1.165) is 42.5 Å². The van der Waals surface area contributed by atoms with Gasteiger partial charge in [-0.2, -0.15) is 0 Å². The third kappa shape index (κ3) is 6.97. The average molecular weight is 489 g/mol. The molecule has 0 radical (unpaired) electrons. The number of methoxy groups -OCH3 is 1. The molecule has 0 bridgehead atoms. The first-order valence-electron chi connectivity index (χ1n) is 10.6. The molecule has 2 aromatic carbocycles. The maximum absolute atomic E-state index is 12.9. The highest BCUT2D eigenvalue weighted by Crippen LogP contribution is 2.27. The summed E-state index contributed by atoms with van der Waals surface area (Å²) < 4.78 is 5.93. The summed E-state index contributed by atoms with van der Waals surface area (Å²) in [4.78, 5) is 27.6. The van der Waals surface area contributed by atoms with Crippen molar-refractivity contribution in [2.45, 2.75) is 25.7 Å². The van der Waals surface area contributed by atoms with Crippen LogP contribution in [-0.2, 0) is 4.74 Å². The van der Waals surface area contributed by atoms with E-state index in [2.05, 4.69) is 36.8 Å². The lowest BCUT2D eigenvalue weighted by molar-refractivity contribution is 0.0949. The van der Waals surface area contributed by atoms with Crippen LogP contribution in [-0.4, -0.2) is 45.3 Å². The summed E-state index contributed by atoms with van der Waals surface area (Å²) in [5, 5.41) is 8.59. The molecule has 166 valence electrons. The molecule has 0 unspecified atom stereocenters. The van der Waals surface area contributed by atoms with Crippen LogP contribution in [0.1, 0.15) is 36.0 Å². The predicted octanol–water partition coefficient (Wildman–Crippen LogP) is 4.85. The summed E-state index contributed by atoms with van der Waals surface area (Å²) in [7, 11) is 1.64. The van der Waals surface area contributed by atoms with Crippen molar-refractivity contribution in [3.05, 3.63) is 52.5 Å². The second-order valence-electron chi connectivity index (χ2n) is 7.47. The molecular formula is C23H29BrN4O3. The van der Waals surface area contributed by atoms with Crippen LogP contribution >= 0.6 is 15.9 Å². The van der Waals surface area contributed by atoms with Crippen molar-refractivity contribution >= 4 is 44.9 Å². The standard InChI is InChI=1S/C23H29BrN4O3/c1-31-14-6-11-25-22(29)20-16-19(9-10-21(20)28-12-3-2-4-13-28)27-23(30)26-18-8-5-7-17(24)15-18/h5,7-10,15-16H,2-4,6,11-14H2,1H3,(H,25,29)(H2,26,27,30). The molecule has 0 atom stereocenters. The zero-order chi connectivity index (χ0) is 22.1. The van der Waals surface area contributed by atoms with Crippen LogP contribution in [0.25, 0.3) is 0 Å². The molecule has 8 heteroatoms. The largest absolute Gasteiger partial charge is 0.385 e. The molecule has 0 aliphatic carbocycles. The molecule has 1 fully saturated rings. The zero-order valence-corrected chi connectivity index (χ0v) is 19.3. The average Bonchev–Trinajstić information content (AvgIpc) is 2.77. The highest BCUT2D eigenvalue weighted by molar-refractivity contribution is 9.10. The molecular weight excluding hydrogens is 460 g/mol. The van der Waals surface area contributed by atoms with E-state index >= 15 is 0 Å². The Bertz CT molecular complexity index is 900. The Labute approximate surface area is 191 Å². The Hall–Kier alpha value is -2.58. The lowest BCUT2D eigenvalue weighted by Gasteiger charge is -2.30. The minimum atomic E-state index is -0.365. The molecule has 0 saturated carbocycles. The smallest absolute Gasteiger partial charge is 0.323 e. The van der Waals surface area contributed by atoms with Crippen molar-refractivity contribution in [3.8, 4) is 0 Å². The van der Waals surface area contributed by atoms with Gasteiger partial charge in [0.15, 0.2) is 0 Å². The van der Waals surface area contributed by atoms with E-state index in [-0.39, 0.29) is 11.9 Å². The van der Waals surface area contributed by atoms with Gasteiger partial charge >= 0.3 is 6.03 Å². The van der Waals surface area contributed by atoms with Crippen molar-refractivity contribution in [3.63, 3.8) is 0 Å². The van der Waals surface area contributed by atoms with Gasteiger partial charge in [0, 0.05) is 54.9 Å². The number of nitrogens with one attached hydrogen (secondary N) is 3. The fraction of sp³-hybridized carbons (Fsp3) is 0.391. The Kier molecular flexibility index (Phi) is 8.73. The van der Waals surface area contributed by atoms with Crippen LogP contribution in [0.2, 0.25) is 0 Å². The van der Waals surface area contributed by atoms with E-state index in [4.69, 9.17) is 4.74 Å². The predicted molar refractivity (Wildman–Crippen MR) is 128 cm³/mol. The van der Waals surface area contributed by atoms with Gasteiger partial charge in [-0.25, -0.2) is 4.79 Å². The number of piperidine rings is 1. The monoisotopic (exact) mass is 488 g/mol. The Balaban J connectivity index is 1.74. The van der Waals surface area contributed by atoms with Gasteiger partial charge in [0.25, 0.3) is 5.91 Å². The van der Waals surface area contributed by atoms with Crippen LogP contribution in [0.15, 0.2) is 46.9 Å². The number of hydrogen-bond acceptors (Lipinski definition) is 4. The number of rotatable bonds is 8. The number of benzene rings is 2. The summed E-state index contributed by atoms with van der Waals surface area (Å²) in [5.74, 6) is -0.146. The summed E-state index contributed by atoms with van der Waals surface area (Å²) in [6.45, 7) is 2.99. The quantitative estimate of drug-likeness (QED) is 0.463. The molecule has 31 heavy (non-hydrogen) atoms. The lowest BCUT2D eigenvalue weighted by atomic mass is 10.1. The summed E-state index contributed by atoms with van der Waals surface area (Å²) in [6, 6.07) is 12.5. The second-order valence-corrected chi connectivity index (χ2v) is 8.39. The lowest BCUT2D eigenvalue weighted by Crippen LogP contribution is -2.33. The third-order valence-electron chi connectivity index (χ3n) is 5.09. The summed E-state index contributed by atoms with van der Waals surface area (Å²) in [5.41, 5.74) is 2.71. The number of anilines is 3. The molecule has 3 amide bonds. The van der Waals surface area contributed by atoms with Crippen molar-refractivity contribution in [2.75, 3.05) is 48.9 Å². The minimum absolute atomic E-state index is 0.146. The van der Waals surface area contributed by atoms with Gasteiger partial charge in [-0.1, -0.05) is 22.0 Å². The van der Waals surface area contributed by atoms with Crippen molar-refractivity contribution < 1.29 is 14.3 Å². The number of carbonyl (C=O) groups is 2. The molecule has 3 N–H and O–H groups in total. The SMILES string of the molecule is COCCCNC(=O)c1cc(NC(=O)Nc2cccc(Br)c2)ccc1N1CCCCC1. The summed E-state index contributed by atoms with van der Waals surface area (Å²) in [6.07, 6.45) is 4.19. The van der Waals surface area contributed by atoms with Gasteiger partial charge < -0.3 is 25.6 Å². The third-order valence-corrected chi connectivity index (χ3v) is 5.58. The number of amides is 3. The topological polar surface area (TPSA) is 82.7 Å². The van der Waals surface area contributed by atoms with Crippen LogP contribution in [0.4, 0.5) is 21.9 Å². The number of carbonyl (C=O) groups excluding carboxylic acids is 2. The first-order valence-corrected chi connectivity index (χ1v) is 11.4. The molecule has 0 spiro atoms. The van der Waals surface area contributed by atoms with Crippen molar-refractivity contribution in [2.24, 2.45) is 0 Å². The molecule has 0 aromatic heterocycles. The number of ether oxygens (including phenoxy) is 1. The van der Waals surface area contributed by atoms with Gasteiger partial charge in [-0.05, 0) is 62.1 Å². The van der Waals surface area contributed by atoms with Crippen molar-refractivity contribution in [1.82, 2.24) is 5.32 Å². The highest BCUT2D eigenvalue weighted by Gasteiger charge is 2.19. The fourth-order valence-electron chi connectivity index (χ4n) is 3.58. The summed E-state index contributed by atoms with van der Waals surface area (Å²) >= 11 is 3.39. The van der Waals surface area contributed by atoms with Gasteiger partial charge in [0.1, 0.15) is 0 Å². The second kappa shape index (κ2) is 11.7. The Morgan fingerprint density at radius 3 is 2.48 bits per heavy atom. The van der Waals surface area contributed by atoms with Gasteiger partial charge in [-0.3, -0.25) is 4.79 Å². The number of halogens is 1. The minimum Gasteiger partial charge on any atom is -0.385 e. The van der Waals surface area contributed by atoms with Crippen LogP contribution in [0.5, 0.6) is 0 Å². The molecule has 1 saturated heterocycles. The number of urea groups is 1. The van der Waals surface area contributed by atoms with Crippen molar-refractivity contribution in [1.29, 1.82) is 0 Å². The van der Waals surface area contributed by atoms with E-state index in [1.165, 1.54) is 6.42 Å².